The zero-order valence-corrected chi connectivity index (χ0v) is 8.97. The standard InChI is InChI=1S/C6H8O6.Na/c7-1-2(8)5-3(9)4(10)6(11)12-5;/h2,5,7-10H,1H2;/q;+1/t2-,5+;/m1./s1. The Hall–Kier alpha value is -0.270. The summed E-state index contributed by atoms with van der Waals surface area (Å²) >= 11 is 0. The molecule has 1 heterocycles. The van der Waals surface area contributed by atoms with Gasteiger partial charge in [-0.15, -0.1) is 0 Å². The zero-order chi connectivity index (χ0) is 9.30. The van der Waals surface area contributed by atoms with Crippen molar-refractivity contribution in [2.24, 2.45) is 0 Å². The molecule has 13 heavy (non-hydrogen) atoms. The topological polar surface area (TPSA) is 107 Å². The molecule has 0 radical (unpaired) electrons. The molecule has 0 unspecified atom stereocenters. The third kappa shape index (κ3) is 2.35. The van der Waals surface area contributed by atoms with Crippen LogP contribution in [0.25, 0.3) is 0 Å². The molecule has 0 bridgehead atoms. The summed E-state index contributed by atoms with van der Waals surface area (Å²) in [5, 5.41) is 35.0. The van der Waals surface area contributed by atoms with Crippen molar-refractivity contribution in [2.75, 3.05) is 6.61 Å². The summed E-state index contributed by atoms with van der Waals surface area (Å²) in [6, 6.07) is 0. The van der Waals surface area contributed by atoms with Crippen LogP contribution in [0.5, 0.6) is 0 Å². The van der Waals surface area contributed by atoms with Crippen molar-refractivity contribution < 1.29 is 59.5 Å². The Balaban J connectivity index is 0.00000144. The molecule has 2 atom stereocenters. The molecule has 0 fully saturated rings. The summed E-state index contributed by atoms with van der Waals surface area (Å²) < 4.78 is 4.32. The molecule has 1 rings (SSSR count). The molecule has 7 heteroatoms. The van der Waals surface area contributed by atoms with Crippen molar-refractivity contribution in [3.05, 3.63) is 11.5 Å². The number of aliphatic hydroxyl groups excluding tert-OH is 4. The van der Waals surface area contributed by atoms with Gasteiger partial charge in [-0.3, -0.25) is 0 Å². The second-order valence-corrected chi connectivity index (χ2v) is 2.31. The van der Waals surface area contributed by atoms with Crippen molar-refractivity contribution in [3.63, 3.8) is 0 Å². The van der Waals surface area contributed by atoms with Gasteiger partial charge in [-0.1, -0.05) is 0 Å². The third-order valence-electron chi connectivity index (χ3n) is 1.48. The van der Waals surface area contributed by atoms with Gasteiger partial charge in [0.1, 0.15) is 6.10 Å². The molecule has 0 amide bonds. The van der Waals surface area contributed by atoms with Crippen LogP contribution in [0.4, 0.5) is 0 Å². The number of hydrogen-bond donors (Lipinski definition) is 4. The first-order valence-corrected chi connectivity index (χ1v) is 3.20. The maximum Gasteiger partial charge on any atom is 1.00 e. The SMILES string of the molecule is O=C1O[C@@H]([C@H](O)CO)C(O)=C1O.[Na+]. The first-order valence-electron chi connectivity index (χ1n) is 3.20. The molecular formula is C6H8NaO6+. The number of aliphatic hydroxyl groups is 4. The average molecular weight is 199 g/mol. The smallest absolute Gasteiger partial charge is 0.505 e. The maximum atomic E-state index is 10.5. The first-order chi connectivity index (χ1) is 5.57. The van der Waals surface area contributed by atoms with E-state index in [9.17, 15) is 4.79 Å². The molecule has 6 nitrogen and oxygen atoms in total. The van der Waals surface area contributed by atoms with E-state index in [1.807, 2.05) is 0 Å². The van der Waals surface area contributed by atoms with Gasteiger partial charge < -0.3 is 25.2 Å². The number of cyclic esters (lactones) is 1. The average Bonchev–Trinajstić information content (AvgIpc) is 2.32. The van der Waals surface area contributed by atoms with E-state index in [-0.39, 0.29) is 29.6 Å². The van der Waals surface area contributed by atoms with E-state index < -0.39 is 36.3 Å². The van der Waals surface area contributed by atoms with Gasteiger partial charge >= 0.3 is 35.5 Å². The number of esters is 1. The molecule has 0 saturated heterocycles. The fraction of sp³-hybridized carbons (Fsp3) is 0.500. The van der Waals surface area contributed by atoms with Gasteiger partial charge in [0.15, 0.2) is 11.9 Å². The Morgan fingerprint density at radius 1 is 1.46 bits per heavy atom. The van der Waals surface area contributed by atoms with Crippen LogP contribution in [0.2, 0.25) is 0 Å². The molecule has 4 N–H and O–H groups in total. The maximum absolute atomic E-state index is 10.5. The minimum atomic E-state index is -1.42. The van der Waals surface area contributed by atoms with Crippen molar-refractivity contribution in [1.29, 1.82) is 0 Å². The van der Waals surface area contributed by atoms with E-state index in [0.717, 1.165) is 0 Å². The second-order valence-electron chi connectivity index (χ2n) is 2.31. The summed E-state index contributed by atoms with van der Waals surface area (Å²) in [6.07, 6.45) is -2.78. The molecule has 0 aliphatic carbocycles. The Bertz CT molecular complexity index is 237. The van der Waals surface area contributed by atoms with Gasteiger partial charge in [0, 0.05) is 0 Å². The Labute approximate surface area is 95.7 Å². The minimum absolute atomic E-state index is 0. The molecule has 0 aromatic carbocycles. The predicted molar refractivity (Wildman–Crippen MR) is 35.3 cm³/mol. The molecule has 1 aliphatic rings. The van der Waals surface area contributed by atoms with E-state index in [0.29, 0.717) is 0 Å². The van der Waals surface area contributed by atoms with Crippen LogP contribution in [-0.4, -0.2) is 45.2 Å². The molecule has 0 aromatic rings. The number of rotatable bonds is 2. The monoisotopic (exact) mass is 199 g/mol. The molecule has 1 aliphatic heterocycles. The number of carbonyl (C=O) groups is 1. The molecular weight excluding hydrogens is 191 g/mol. The summed E-state index contributed by atoms with van der Waals surface area (Å²) in [4.78, 5) is 10.5. The van der Waals surface area contributed by atoms with Crippen LogP contribution >= 0.6 is 0 Å². The predicted octanol–water partition coefficient (Wildman–Crippen LogP) is -4.40. The largest absolute Gasteiger partial charge is 1.00 e. The summed E-state index contributed by atoms with van der Waals surface area (Å²) in [5.41, 5.74) is 0. The van der Waals surface area contributed by atoms with E-state index in [1.54, 1.807) is 0 Å². The molecule has 0 saturated carbocycles. The first kappa shape index (κ1) is 12.7. The van der Waals surface area contributed by atoms with Crippen molar-refractivity contribution in [1.82, 2.24) is 0 Å². The second kappa shape index (κ2) is 4.83. The number of ether oxygens (including phenoxy) is 1. The van der Waals surface area contributed by atoms with Crippen LogP contribution in [-0.2, 0) is 9.53 Å². The van der Waals surface area contributed by atoms with Crippen LogP contribution in [0.1, 0.15) is 0 Å². The van der Waals surface area contributed by atoms with Crippen molar-refractivity contribution in [2.45, 2.75) is 12.2 Å². The van der Waals surface area contributed by atoms with E-state index in [1.165, 1.54) is 0 Å². The van der Waals surface area contributed by atoms with Gasteiger partial charge in [-0.05, 0) is 0 Å². The fourth-order valence-corrected chi connectivity index (χ4v) is 0.823. The van der Waals surface area contributed by atoms with Gasteiger partial charge in [-0.25, -0.2) is 4.79 Å². The Morgan fingerprint density at radius 2 is 2.00 bits per heavy atom. The van der Waals surface area contributed by atoms with Crippen LogP contribution in [0, 0.1) is 0 Å². The third-order valence-corrected chi connectivity index (χ3v) is 1.48. The normalized spacial score (nSPS) is 23.8. The minimum Gasteiger partial charge on any atom is -0.505 e. The molecule has 68 valence electrons. The number of carbonyl (C=O) groups excluding carboxylic acids is 1. The van der Waals surface area contributed by atoms with Crippen molar-refractivity contribution >= 4 is 5.97 Å². The summed E-state index contributed by atoms with van der Waals surface area (Å²) in [7, 11) is 0. The Morgan fingerprint density at radius 3 is 2.31 bits per heavy atom. The van der Waals surface area contributed by atoms with E-state index >= 15 is 0 Å². The van der Waals surface area contributed by atoms with Crippen LogP contribution in [0.3, 0.4) is 0 Å². The van der Waals surface area contributed by atoms with E-state index in [2.05, 4.69) is 4.74 Å². The van der Waals surface area contributed by atoms with Crippen molar-refractivity contribution in [3.8, 4) is 0 Å². The summed E-state index contributed by atoms with van der Waals surface area (Å²) in [5.74, 6) is -2.78. The number of hydrogen-bond acceptors (Lipinski definition) is 6. The van der Waals surface area contributed by atoms with Gasteiger partial charge in [0.25, 0.3) is 0 Å². The van der Waals surface area contributed by atoms with Gasteiger partial charge in [0.2, 0.25) is 5.76 Å². The van der Waals surface area contributed by atoms with Gasteiger partial charge in [-0.2, -0.15) is 0 Å². The van der Waals surface area contributed by atoms with Crippen LogP contribution < -0.4 is 29.6 Å². The fourth-order valence-electron chi connectivity index (χ4n) is 0.823. The molecule has 0 aromatic heterocycles. The molecule has 0 spiro atoms. The Kier molecular flexibility index (Phi) is 4.72. The zero-order valence-electron chi connectivity index (χ0n) is 6.97. The van der Waals surface area contributed by atoms with Gasteiger partial charge in [0.05, 0.1) is 6.61 Å². The summed E-state index contributed by atoms with van der Waals surface area (Å²) in [6.45, 7) is -0.671. The van der Waals surface area contributed by atoms with E-state index in [4.69, 9.17) is 20.4 Å². The van der Waals surface area contributed by atoms with Crippen LogP contribution in [0.15, 0.2) is 11.5 Å². The quantitative estimate of drug-likeness (QED) is 0.264.